The van der Waals surface area contributed by atoms with Crippen LogP contribution < -0.4 is 20.7 Å². The molecule has 148 valence electrons. The van der Waals surface area contributed by atoms with E-state index in [1.165, 1.54) is 22.3 Å². The van der Waals surface area contributed by atoms with Crippen LogP contribution in [0.3, 0.4) is 0 Å². The predicted octanol–water partition coefficient (Wildman–Crippen LogP) is 3.97. The fourth-order valence-corrected chi connectivity index (χ4v) is 4.00. The second kappa shape index (κ2) is 7.80. The van der Waals surface area contributed by atoms with Crippen LogP contribution in [0.4, 0.5) is 17.5 Å². The lowest BCUT2D eigenvalue weighted by Crippen LogP contribution is -2.24. The number of fused-ring (bicyclic) bond motifs is 1. The van der Waals surface area contributed by atoms with Gasteiger partial charge < -0.3 is 20.7 Å². The summed E-state index contributed by atoms with van der Waals surface area (Å²) in [5.41, 5.74) is 7.05. The van der Waals surface area contributed by atoms with Crippen molar-refractivity contribution < 1.29 is 4.74 Å². The smallest absolute Gasteiger partial charge is 0.229 e. The quantitative estimate of drug-likeness (QED) is 0.747. The normalized spacial score (nSPS) is 18.7. The molecule has 1 atom stereocenters. The molecular formula is C22H29N5O. The van der Waals surface area contributed by atoms with Crippen molar-refractivity contribution in [2.45, 2.75) is 46.1 Å². The molecule has 3 N–H and O–H groups in total. The molecule has 2 aromatic rings. The van der Waals surface area contributed by atoms with Crippen molar-refractivity contribution in [1.29, 1.82) is 0 Å². The minimum atomic E-state index is 0.532. The monoisotopic (exact) mass is 379 g/mol. The second-order valence-corrected chi connectivity index (χ2v) is 7.68. The maximum absolute atomic E-state index is 6.06. The Hall–Kier alpha value is -2.60. The first kappa shape index (κ1) is 18.7. The molecular weight excluding hydrogens is 350 g/mol. The van der Waals surface area contributed by atoms with Gasteiger partial charge in [-0.2, -0.15) is 4.98 Å². The first-order valence-electron chi connectivity index (χ1n) is 10.1. The summed E-state index contributed by atoms with van der Waals surface area (Å²) in [5.74, 6) is 2.48. The Morgan fingerprint density at radius 3 is 2.86 bits per heavy atom. The molecule has 3 heterocycles. The molecule has 0 fully saturated rings. The van der Waals surface area contributed by atoms with E-state index in [4.69, 9.17) is 4.74 Å². The molecule has 0 aliphatic carbocycles. The average molecular weight is 380 g/mol. The van der Waals surface area contributed by atoms with Crippen molar-refractivity contribution >= 4 is 23.0 Å². The molecule has 0 unspecified atom stereocenters. The van der Waals surface area contributed by atoms with Gasteiger partial charge in [0.15, 0.2) is 0 Å². The molecule has 0 spiro atoms. The van der Waals surface area contributed by atoms with E-state index in [1.54, 1.807) is 0 Å². The maximum Gasteiger partial charge on any atom is 0.229 e. The Bertz CT molecular complexity index is 922. The lowest BCUT2D eigenvalue weighted by atomic mass is 9.91. The van der Waals surface area contributed by atoms with Crippen LogP contribution in [-0.2, 0) is 6.42 Å². The molecule has 6 heteroatoms. The van der Waals surface area contributed by atoms with Crippen LogP contribution >= 0.6 is 0 Å². The standard InChI is InChI=1S/C22H29N5O/c1-13-5-6-16(7-9-24-13)20-15(3)18(12-17-8-10-28-21(17)20)26-22-25-14(2)11-19(23-4)27-22/h7,11-13,24H,5-6,8-10H2,1-4H3,(H2,23,25,26,27)/t13-/m0/s1. The number of benzene rings is 1. The zero-order valence-corrected chi connectivity index (χ0v) is 17.1. The number of hydrogen-bond donors (Lipinski definition) is 3. The molecule has 2 aliphatic heterocycles. The SMILES string of the molecule is CNc1cc(C)nc(Nc2cc3c(c(C4=CCN[C@@H](C)CC4)c2C)OCC3)n1. The van der Waals surface area contributed by atoms with Crippen molar-refractivity contribution in [2.75, 3.05) is 30.8 Å². The summed E-state index contributed by atoms with van der Waals surface area (Å²) in [4.78, 5) is 9.12. The first-order chi connectivity index (χ1) is 13.5. The average Bonchev–Trinajstić information content (AvgIpc) is 3.02. The lowest BCUT2D eigenvalue weighted by molar-refractivity contribution is 0.355. The van der Waals surface area contributed by atoms with E-state index in [2.05, 4.69) is 51.9 Å². The number of hydrogen-bond acceptors (Lipinski definition) is 6. The van der Waals surface area contributed by atoms with Crippen molar-refractivity contribution in [3.63, 3.8) is 0 Å². The van der Waals surface area contributed by atoms with Crippen LogP contribution in [-0.4, -0.2) is 36.2 Å². The van der Waals surface area contributed by atoms with Crippen molar-refractivity contribution in [2.24, 2.45) is 0 Å². The topological polar surface area (TPSA) is 71.1 Å². The highest BCUT2D eigenvalue weighted by Crippen LogP contribution is 2.42. The van der Waals surface area contributed by atoms with Crippen LogP contribution in [0.2, 0.25) is 0 Å². The van der Waals surface area contributed by atoms with Crippen LogP contribution in [0.1, 0.15) is 42.1 Å². The Morgan fingerprint density at radius 1 is 1.18 bits per heavy atom. The molecule has 4 rings (SSSR count). The van der Waals surface area contributed by atoms with E-state index in [0.29, 0.717) is 12.0 Å². The Kier molecular flexibility index (Phi) is 5.22. The van der Waals surface area contributed by atoms with Crippen LogP contribution in [0, 0.1) is 13.8 Å². The molecule has 1 aromatic carbocycles. The first-order valence-corrected chi connectivity index (χ1v) is 10.1. The van der Waals surface area contributed by atoms with Gasteiger partial charge in [0.05, 0.1) is 6.61 Å². The molecule has 0 saturated carbocycles. The number of ether oxygens (including phenoxy) is 1. The molecule has 1 aromatic heterocycles. The Labute approximate surface area is 166 Å². The van der Waals surface area contributed by atoms with Crippen LogP contribution in [0.15, 0.2) is 18.2 Å². The predicted molar refractivity (Wildman–Crippen MR) is 115 cm³/mol. The lowest BCUT2D eigenvalue weighted by Gasteiger charge is -2.19. The summed E-state index contributed by atoms with van der Waals surface area (Å²) >= 11 is 0. The van der Waals surface area contributed by atoms with Gasteiger partial charge in [-0.05, 0) is 50.8 Å². The van der Waals surface area contributed by atoms with Gasteiger partial charge in [0.2, 0.25) is 5.95 Å². The van der Waals surface area contributed by atoms with Gasteiger partial charge in [-0.1, -0.05) is 6.08 Å². The van der Waals surface area contributed by atoms with Crippen LogP contribution in [0.25, 0.3) is 5.57 Å². The van der Waals surface area contributed by atoms with E-state index in [0.717, 1.165) is 55.4 Å². The molecule has 0 saturated heterocycles. The number of rotatable bonds is 4. The minimum Gasteiger partial charge on any atom is -0.492 e. The van der Waals surface area contributed by atoms with E-state index >= 15 is 0 Å². The summed E-state index contributed by atoms with van der Waals surface area (Å²) in [7, 11) is 1.87. The van der Waals surface area contributed by atoms with E-state index in [-0.39, 0.29) is 0 Å². The highest BCUT2D eigenvalue weighted by Gasteiger charge is 2.24. The summed E-state index contributed by atoms with van der Waals surface area (Å²) in [5, 5.41) is 10.1. The summed E-state index contributed by atoms with van der Waals surface area (Å²) < 4.78 is 6.06. The molecule has 28 heavy (non-hydrogen) atoms. The van der Waals surface area contributed by atoms with E-state index in [1.807, 2.05) is 20.0 Å². The van der Waals surface area contributed by atoms with Crippen molar-refractivity contribution in [3.8, 4) is 5.75 Å². The second-order valence-electron chi connectivity index (χ2n) is 7.68. The molecule has 0 bridgehead atoms. The third kappa shape index (κ3) is 3.69. The Morgan fingerprint density at radius 2 is 2.04 bits per heavy atom. The van der Waals surface area contributed by atoms with E-state index < -0.39 is 0 Å². The van der Waals surface area contributed by atoms with Gasteiger partial charge in [0.1, 0.15) is 11.6 Å². The summed E-state index contributed by atoms with van der Waals surface area (Å²) in [6.07, 6.45) is 5.44. The van der Waals surface area contributed by atoms with Crippen LogP contribution in [0.5, 0.6) is 5.75 Å². The van der Waals surface area contributed by atoms with Gasteiger partial charge in [0, 0.05) is 54.6 Å². The zero-order valence-electron chi connectivity index (χ0n) is 17.1. The third-order valence-corrected chi connectivity index (χ3v) is 5.57. The summed E-state index contributed by atoms with van der Waals surface area (Å²) in [6, 6.07) is 4.67. The van der Waals surface area contributed by atoms with Gasteiger partial charge >= 0.3 is 0 Å². The van der Waals surface area contributed by atoms with Gasteiger partial charge in [-0.15, -0.1) is 0 Å². The Balaban J connectivity index is 1.75. The highest BCUT2D eigenvalue weighted by atomic mass is 16.5. The fourth-order valence-electron chi connectivity index (χ4n) is 4.00. The number of aromatic nitrogens is 2. The largest absolute Gasteiger partial charge is 0.492 e. The number of nitrogens with zero attached hydrogens (tertiary/aromatic N) is 2. The van der Waals surface area contributed by atoms with Gasteiger partial charge in [-0.3, -0.25) is 0 Å². The molecule has 0 radical (unpaired) electrons. The van der Waals surface area contributed by atoms with E-state index in [9.17, 15) is 0 Å². The zero-order chi connectivity index (χ0) is 19.7. The maximum atomic E-state index is 6.06. The fraction of sp³-hybridized carbons (Fsp3) is 0.455. The third-order valence-electron chi connectivity index (χ3n) is 5.57. The molecule has 6 nitrogen and oxygen atoms in total. The highest BCUT2D eigenvalue weighted by molar-refractivity contribution is 5.81. The number of anilines is 3. The number of nitrogens with one attached hydrogen (secondary N) is 3. The number of aryl methyl sites for hydroxylation is 1. The molecule has 0 amide bonds. The van der Waals surface area contributed by atoms with Crippen molar-refractivity contribution in [3.05, 3.63) is 40.6 Å². The number of allylic oxidation sites excluding steroid dienone is 1. The van der Waals surface area contributed by atoms with Gasteiger partial charge in [0.25, 0.3) is 0 Å². The summed E-state index contributed by atoms with van der Waals surface area (Å²) in [6.45, 7) is 8.04. The van der Waals surface area contributed by atoms with Crippen molar-refractivity contribution in [1.82, 2.24) is 15.3 Å². The minimum absolute atomic E-state index is 0.532. The van der Waals surface area contributed by atoms with Gasteiger partial charge in [-0.25, -0.2) is 4.98 Å². The molecule has 2 aliphatic rings.